The molecular weight excluding hydrogens is 230 g/mol. The Morgan fingerprint density at radius 2 is 1.89 bits per heavy atom. The van der Waals surface area contributed by atoms with Crippen LogP contribution >= 0.6 is 0 Å². The zero-order valence-electron chi connectivity index (χ0n) is 9.69. The number of aromatic nitrogens is 1. The van der Waals surface area contributed by atoms with Gasteiger partial charge in [-0.1, -0.05) is 36.4 Å². The lowest BCUT2D eigenvalue weighted by Gasteiger charge is -2.10. The van der Waals surface area contributed by atoms with Crippen molar-refractivity contribution in [1.82, 2.24) is 4.98 Å². The lowest BCUT2D eigenvalue weighted by Crippen LogP contribution is -2.15. The molecule has 0 fully saturated rings. The first kappa shape index (κ1) is 12.3. The highest BCUT2D eigenvalue weighted by molar-refractivity contribution is 5.76. The highest BCUT2D eigenvalue weighted by Crippen LogP contribution is 2.14. The number of pyridine rings is 1. The van der Waals surface area contributed by atoms with Crippen molar-refractivity contribution in [2.75, 3.05) is 0 Å². The standard InChI is InChI=1S/C14H13NO3/c16-13(11-6-2-1-3-7-11)14(17)18-10-12-8-4-5-9-15-12/h1-9,13,16H,10H2. The largest absolute Gasteiger partial charge is 0.457 e. The second-order valence-corrected chi connectivity index (χ2v) is 3.74. The number of aliphatic hydroxyl groups excluding tert-OH is 1. The number of hydrogen-bond donors (Lipinski definition) is 1. The summed E-state index contributed by atoms with van der Waals surface area (Å²) in [6.45, 7) is 0.0591. The number of esters is 1. The molecule has 0 aliphatic rings. The van der Waals surface area contributed by atoms with Gasteiger partial charge in [0.15, 0.2) is 6.10 Å². The number of rotatable bonds is 4. The zero-order chi connectivity index (χ0) is 12.8. The lowest BCUT2D eigenvalue weighted by atomic mass is 10.1. The molecule has 1 atom stereocenters. The zero-order valence-corrected chi connectivity index (χ0v) is 9.69. The Labute approximate surface area is 105 Å². The van der Waals surface area contributed by atoms with E-state index in [4.69, 9.17) is 4.74 Å². The summed E-state index contributed by atoms with van der Waals surface area (Å²) in [5.74, 6) is -0.674. The molecule has 92 valence electrons. The van der Waals surface area contributed by atoms with Crippen LogP contribution in [-0.2, 0) is 16.1 Å². The second-order valence-electron chi connectivity index (χ2n) is 3.74. The van der Waals surface area contributed by atoms with E-state index in [0.29, 0.717) is 11.3 Å². The molecule has 2 aromatic rings. The van der Waals surface area contributed by atoms with Gasteiger partial charge in [-0.15, -0.1) is 0 Å². The third kappa shape index (κ3) is 3.15. The predicted molar refractivity (Wildman–Crippen MR) is 65.4 cm³/mol. The molecule has 1 aromatic heterocycles. The van der Waals surface area contributed by atoms with Gasteiger partial charge in [0.2, 0.25) is 0 Å². The van der Waals surface area contributed by atoms with Crippen molar-refractivity contribution in [3.63, 3.8) is 0 Å². The molecule has 0 saturated heterocycles. The molecular formula is C14H13NO3. The van der Waals surface area contributed by atoms with Gasteiger partial charge in [-0.25, -0.2) is 4.79 Å². The minimum Gasteiger partial charge on any atom is -0.457 e. The maximum Gasteiger partial charge on any atom is 0.340 e. The van der Waals surface area contributed by atoms with Gasteiger partial charge in [-0.2, -0.15) is 0 Å². The number of ether oxygens (including phenoxy) is 1. The van der Waals surface area contributed by atoms with Gasteiger partial charge in [0.25, 0.3) is 0 Å². The van der Waals surface area contributed by atoms with Gasteiger partial charge in [0, 0.05) is 6.20 Å². The fraction of sp³-hybridized carbons (Fsp3) is 0.143. The van der Waals surface area contributed by atoms with Crippen LogP contribution in [-0.4, -0.2) is 16.1 Å². The summed E-state index contributed by atoms with van der Waals surface area (Å²) in [4.78, 5) is 15.6. The van der Waals surface area contributed by atoms with Gasteiger partial charge in [0.05, 0.1) is 5.69 Å². The quantitative estimate of drug-likeness (QED) is 0.833. The van der Waals surface area contributed by atoms with Crippen molar-refractivity contribution in [3.05, 3.63) is 66.0 Å². The van der Waals surface area contributed by atoms with Gasteiger partial charge >= 0.3 is 5.97 Å². The Hall–Kier alpha value is -2.20. The van der Waals surface area contributed by atoms with Crippen LogP contribution in [0.1, 0.15) is 17.4 Å². The topological polar surface area (TPSA) is 59.4 Å². The van der Waals surface area contributed by atoms with Crippen LogP contribution in [0.25, 0.3) is 0 Å². The molecule has 2 rings (SSSR count). The minimum absolute atomic E-state index is 0.0591. The van der Waals surface area contributed by atoms with Crippen molar-refractivity contribution >= 4 is 5.97 Å². The van der Waals surface area contributed by atoms with Gasteiger partial charge < -0.3 is 9.84 Å². The molecule has 0 spiro atoms. The van der Waals surface area contributed by atoms with E-state index in [0.717, 1.165) is 0 Å². The Bertz CT molecular complexity index is 499. The maximum atomic E-state index is 11.6. The first-order valence-corrected chi connectivity index (χ1v) is 5.57. The Morgan fingerprint density at radius 3 is 2.56 bits per heavy atom. The average Bonchev–Trinajstić information content (AvgIpc) is 2.46. The Kier molecular flexibility index (Phi) is 4.04. The molecule has 0 bridgehead atoms. The summed E-state index contributed by atoms with van der Waals surface area (Å²) >= 11 is 0. The van der Waals surface area contributed by atoms with Crippen LogP contribution in [0.5, 0.6) is 0 Å². The van der Waals surface area contributed by atoms with E-state index in [1.807, 2.05) is 12.1 Å². The van der Waals surface area contributed by atoms with Gasteiger partial charge in [0.1, 0.15) is 6.61 Å². The SMILES string of the molecule is O=C(OCc1ccccn1)C(O)c1ccccc1. The van der Waals surface area contributed by atoms with Crippen LogP contribution in [0.4, 0.5) is 0 Å². The Morgan fingerprint density at radius 1 is 1.17 bits per heavy atom. The summed E-state index contributed by atoms with van der Waals surface area (Å²) in [5.41, 5.74) is 1.16. The number of carbonyl (C=O) groups excluding carboxylic acids is 1. The molecule has 0 aliphatic heterocycles. The predicted octanol–water partition coefficient (Wildman–Crippen LogP) is 1.86. The first-order valence-electron chi connectivity index (χ1n) is 5.57. The first-order chi connectivity index (χ1) is 8.77. The third-order valence-electron chi connectivity index (χ3n) is 2.43. The maximum absolute atomic E-state index is 11.6. The summed E-state index contributed by atoms with van der Waals surface area (Å²) < 4.78 is 4.99. The van der Waals surface area contributed by atoms with E-state index >= 15 is 0 Å². The van der Waals surface area contributed by atoms with Crippen LogP contribution < -0.4 is 0 Å². The van der Waals surface area contributed by atoms with E-state index in [-0.39, 0.29) is 6.61 Å². The molecule has 1 aromatic carbocycles. The van der Waals surface area contributed by atoms with Crippen molar-refractivity contribution in [3.8, 4) is 0 Å². The summed E-state index contributed by atoms with van der Waals surface area (Å²) in [6.07, 6.45) is 0.367. The molecule has 4 heteroatoms. The van der Waals surface area contributed by atoms with E-state index in [1.165, 1.54) is 0 Å². The van der Waals surface area contributed by atoms with Crippen LogP contribution in [0.2, 0.25) is 0 Å². The highest BCUT2D eigenvalue weighted by Gasteiger charge is 2.18. The van der Waals surface area contributed by atoms with Crippen LogP contribution in [0.3, 0.4) is 0 Å². The number of aliphatic hydroxyl groups is 1. The monoisotopic (exact) mass is 243 g/mol. The molecule has 0 amide bonds. The highest BCUT2D eigenvalue weighted by atomic mass is 16.5. The van der Waals surface area contributed by atoms with Gasteiger partial charge in [-0.3, -0.25) is 4.98 Å². The number of nitrogens with zero attached hydrogens (tertiary/aromatic N) is 1. The second kappa shape index (κ2) is 5.93. The molecule has 18 heavy (non-hydrogen) atoms. The summed E-state index contributed by atoms with van der Waals surface area (Å²) in [6, 6.07) is 14.0. The Balaban J connectivity index is 1.93. The molecule has 0 saturated carbocycles. The minimum atomic E-state index is -1.25. The van der Waals surface area contributed by atoms with Gasteiger partial charge in [-0.05, 0) is 17.7 Å². The van der Waals surface area contributed by atoms with Crippen molar-refractivity contribution in [1.29, 1.82) is 0 Å². The van der Waals surface area contributed by atoms with E-state index in [1.54, 1.807) is 42.6 Å². The molecule has 4 nitrogen and oxygen atoms in total. The molecule has 0 radical (unpaired) electrons. The molecule has 1 N–H and O–H groups in total. The van der Waals surface area contributed by atoms with E-state index in [2.05, 4.69) is 4.98 Å². The molecule has 1 unspecified atom stereocenters. The fourth-order valence-electron chi connectivity index (χ4n) is 1.48. The molecule has 0 aliphatic carbocycles. The number of benzene rings is 1. The van der Waals surface area contributed by atoms with Crippen LogP contribution in [0, 0.1) is 0 Å². The van der Waals surface area contributed by atoms with Crippen molar-refractivity contribution in [2.24, 2.45) is 0 Å². The van der Waals surface area contributed by atoms with Crippen molar-refractivity contribution in [2.45, 2.75) is 12.7 Å². The third-order valence-corrected chi connectivity index (χ3v) is 2.43. The number of carbonyl (C=O) groups is 1. The lowest BCUT2D eigenvalue weighted by molar-refractivity contribution is -0.155. The van der Waals surface area contributed by atoms with E-state index in [9.17, 15) is 9.90 Å². The smallest absolute Gasteiger partial charge is 0.340 e. The molecule has 1 heterocycles. The summed E-state index contributed by atoms with van der Waals surface area (Å²) in [5, 5.41) is 9.77. The number of hydrogen-bond acceptors (Lipinski definition) is 4. The normalized spacial score (nSPS) is 11.8. The fourth-order valence-corrected chi connectivity index (χ4v) is 1.48. The van der Waals surface area contributed by atoms with Crippen molar-refractivity contribution < 1.29 is 14.6 Å². The van der Waals surface area contributed by atoms with Crippen LogP contribution in [0.15, 0.2) is 54.7 Å². The average molecular weight is 243 g/mol. The van der Waals surface area contributed by atoms with E-state index < -0.39 is 12.1 Å². The summed E-state index contributed by atoms with van der Waals surface area (Å²) in [7, 11) is 0.